The first kappa shape index (κ1) is 15.9. The van der Waals surface area contributed by atoms with Crippen LogP contribution in [0.4, 0.5) is 0 Å². The Labute approximate surface area is 105 Å². The van der Waals surface area contributed by atoms with Crippen molar-refractivity contribution < 1.29 is 4.79 Å². The van der Waals surface area contributed by atoms with Crippen LogP contribution in [0.5, 0.6) is 0 Å². The quantitative estimate of drug-likeness (QED) is 0.705. The van der Waals surface area contributed by atoms with Crippen LogP contribution in [0, 0.1) is 11.3 Å². The fourth-order valence-electron chi connectivity index (χ4n) is 2.13. The number of hydrogen-bond acceptors (Lipinski definition) is 3. The molecule has 1 rings (SSSR count). The zero-order valence-corrected chi connectivity index (χ0v) is 11.2. The number of Topliss-reactive ketones (excluding diaryl/α,β-unsaturated/α-hetero) is 1. The number of carbonyl (C=O) groups is 1. The highest BCUT2D eigenvalue weighted by atomic mass is 16.1. The van der Waals surface area contributed by atoms with Gasteiger partial charge >= 0.3 is 0 Å². The minimum absolute atomic E-state index is 0.310. The monoisotopic (exact) mass is 236 g/mol. The molecule has 0 N–H and O–H groups in total. The molecule has 3 heteroatoms. The fourth-order valence-corrected chi connectivity index (χ4v) is 2.13. The molecule has 0 aliphatic heterocycles. The van der Waals surface area contributed by atoms with E-state index in [9.17, 15) is 10.1 Å². The van der Waals surface area contributed by atoms with Crippen molar-refractivity contribution in [1.29, 1.82) is 5.26 Å². The van der Waals surface area contributed by atoms with E-state index in [1.807, 2.05) is 7.05 Å². The van der Waals surface area contributed by atoms with E-state index in [4.69, 9.17) is 0 Å². The van der Waals surface area contributed by atoms with E-state index < -0.39 is 0 Å². The summed E-state index contributed by atoms with van der Waals surface area (Å²) in [5.41, 5.74) is -0.372. The van der Waals surface area contributed by atoms with Gasteiger partial charge in [0, 0.05) is 12.8 Å². The van der Waals surface area contributed by atoms with Crippen LogP contribution in [-0.2, 0) is 4.79 Å². The molecule has 0 atom stereocenters. The van der Waals surface area contributed by atoms with Gasteiger partial charge in [-0.3, -0.25) is 9.69 Å². The Morgan fingerprint density at radius 3 is 2.35 bits per heavy atom. The predicted molar refractivity (Wildman–Crippen MR) is 70.6 cm³/mol. The lowest BCUT2D eigenvalue weighted by Gasteiger charge is -2.38. The van der Waals surface area contributed by atoms with E-state index in [1.165, 1.54) is 0 Å². The zero-order valence-electron chi connectivity index (χ0n) is 11.2. The van der Waals surface area contributed by atoms with Gasteiger partial charge in [0.2, 0.25) is 0 Å². The lowest BCUT2D eigenvalue weighted by Crippen LogP contribution is -2.48. The van der Waals surface area contributed by atoms with Crippen molar-refractivity contribution in [2.45, 2.75) is 51.0 Å². The summed E-state index contributed by atoms with van der Waals surface area (Å²) in [5, 5.41) is 9.29. The number of carbonyl (C=O) groups excluding carboxylic acids is 1. The van der Waals surface area contributed by atoms with Crippen LogP contribution >= 0.6 is 0 Å². The van der Waals surface area contributed by atoms with Crippen molar-refractivity contribution >= 4 is 5.78 Å². The summed E-state index contributed by atoms with van der Waals surface area (Å²) >= 11 is 0. The first-order valence-electron chi connectivity index (χ1n) is 6.29. The third-order valence-electron chi connectivity index (χ3n) is 3.42. The van der Waals surface area contributed by atoms with Gasteiger partial charge in [0.25, 0.3) is 0 Å². The molecule has 0 unspecified atom stereocenters. The lowest BCUT2D eigenvalue weighted by molar-refractivity contribution is -0.122. The highest BCUT2D eigenvalue weighted by Gasteiger charge is 2.38. The van der Waals surface area contributed by atoms with E-state index in [0.29, 0.717) is 31.5 Å². The van der Waals surface area contributed by atoms with Crippen LogP contribution in [0.1, 0.15) is 45.4 Å². The van der Waals surface area contributed by atoms with E-state index in [0.717, 1.165) is 19.4 Å². The highest BCUT2D eigenvalue weighted by molar-refractivity contribution is 5.79. The molecule has 1 fully saturated rings. The van der Waals surface area contributed by atoms with Gasteiger partial charge < -0.3 is 0 Å². The van der Waals surface area contributed by atoms with Gasteiger partial charge in [-0.2, -0.15) is 5.26 Å². The Morgan fingerprint density at radius 2 is 1.94 bits per heavy atom. The lowest BCUT2D eigenvalue weighted by atomic mass is 9.81. The molecule has 0 aromatic carbocycles. The van der Waals surface area contributed by atoms with Crippen molar-refractivity contribution in [3.8, 4) is 6.07 Å². The summed E-state index contributed by atoms with van der Waals surface area (Å²) in [4.78, 5) is 13.3. The second kappa shape index (κ2) is 8.03. The first-order chi connectivity index (χ1) is 8.14. The van der Waals surface area contributed by atoms with Gasteiger partial charge in [-0.15, -0.1) is 13.2 Å². The summed E-state index contributed by atoms with van der Waals surface area (Å²) in [6.07, 6.45) is 4.83. The predicted octanol–water partition coefficient (Wildman–Crippen LogP) is 2.93. The fraction of sp³-hybridized carbons (Fsp3) is 0.714. The number of hydrogen-bond donors (Lipinski definition) is 0. The smallest absolute Gasteiger partial charge is 0.133 e. The number of nitriles is 1. The maximum absolute atomic E-state index is 11.2. The van der Waals surface area contributed by atoms with Crippen LogP contribution in [0.3, 0.4) is 0 Å². The first-order valence-corrected chi connectivity index (χ1v) is 6.29. The van der Waals surface area contributed by atoms with Crippen LogP contribution in [-0.4, -0.2) is 29.8 Å². The largest absolute Gasteiger partial charge is 0.300 e. The molecule has 0 aromatic rings. The Morgan fingerprint density at radius 1 is 1.41 bits per heavy atom. The molecular formula is C14H24N2O. The summed E-state index contributed by atoms with van der Waals surface area (Å²) in [5.74, 6) is 0.310. The van der Waals surface area contributed by atoms with Gasteiger partial charge in [-0.1, -0.05) is 13.3 Å². The molecule has 0 saturated heterocycles. The molecule has 1 saturated carbocycles. The second-order valence-corrected chi connectivity index (χ2v) is 4.46. The van der Waals surface area contributed by atoms with Crippen molar-refractivity contribution in [3.63, 3.8) is 0 Å². The van der Waals surface area contributed by atoms with Gasteiger partial charge in [-0.25, -0.2) is 0 Å². The number of unbranched alkanes of at least 4 members (excludes halogenated alkanes) is 1. The molecular weight excluding hydrogens is 212 g/mol. The third kappa shape index (κ3) is 4.32. The van der Waals surface area contributed by atoms with Crippen molar-refractivity contribution in [1.82, 2.24) is 4.90 Å². The summed E-state index contributed by atoms with van der Waals surface area (Å²) in [7, 11) is 2.01. The third-order valence-corrected chi connectivity index (χ3v) is 3.42. The van der Waals surface area contributed by atoms with Gasteiger partial charge in [-0.05, 0) is 32.9 Å². The van der Waals surface area contributed by atoms with Crippen molar-refractivity contribution in [2.24, 2.45) is 0 Å². The Hall–Kier alpha value is -1.14. The van der Waals surface area contributed by atoms with Crippen LogP contribution in [0.25, 0.3) is 0 Å². The van der Waals surface area contributed by atoms with Crippen LogP contribution in [0.2, 0.25) is 0 Å². The Kier molecular flexibility index (Phi) is 7.49. The van der Waals surface area contributed by atoms with Gasteiger partial charge in [0.15, 0.2) is 0 Å². The minimum atomic E-state index is -0.372. The molecule has 0 spiro atoms. The zero-order chi connectivity index (χ0) is 13.3. The summed E-state index contributed by atoms with van der Waals surface area (Å²) in [6.45, 7) is 9.11. The van der Waals surface area contributed by atoms with Crippen molar-refractivity contribution in [2.75, 3.05) is 13.6 Å². The maximum Gasteiger partial charge on any atom is 0.133 e. The normalized spacial score (nSPS) is 18.1. The molecule has 0 bridgehead atoms. The SMILES string of the molecule is C=C.CCCCN(C)C1(C#N)CCC(=O)CC1. The minimum Gasteiger partial charge on any atom is -0.300 e. The van der Waals surface area contributed by atoms with Crippen molar-refractivity contribution in [3.05, 3.63) is 13.2 Å². The average Bonchev–Trinajstić information content (AvgIpc) is 2.39. The molecule has 3 nitrogen and oxygen atoms in total. The van der Waals surface area contributed by atoms with Crippen LogP contribution < -0.4 is 0 Å². The number of nitrogens with zero attached hydrogens (tertiary/aromatic N) is 2. The highest BCUT2D eigenvalue weighted by Crippen LogP contribution is 2.30. The van der Waals surface area contributed by atoms with Gasteiger partial charge in [0.1, 0.15) is 11.3 Å². The number of rotatable bonds is 4. The summed E-state index contributed by atoms with van der Waals surface area (Å²) < 4.78 is 0. The van der Waals surface area contributed by atoms with E-state index in [-0.39, 0.29) is 5.54 Å². The molecule has 17 heavy (non-hydrogen) atoms. The molecule has 96 valence electrons. The molecule has 0 amide bonds. The molecule has 1 aliphatic rings. The maximum atomic E-state index is 11.2. The molecule has 0 aromatic heterocycles. The topological polar surface area (TPSA) is 44.1 Å². The van der Waals surface area contributed by atoms with Crippen LogP contribution in [0.15, 0.2) is 13.2 Å². The Balaban J connectivity index is 0.00000121. The van der Waals surface area contributed by atoms with Gasteiger partial charge in [0.05, 0.1) is 6.07 Å². The van der Waals surface area contributed by atoms with E-state index in [2.05, 4.69) is 31.1 Å². The Bertz CT molecular complexity index is 270. The van der Waals surface area contributed by atoms with E-state index >= 15 is 0 Å². The molecule has 0 heterocycles. The molecule has 0 radical (unpaired) electrons. The van der Waals surface area contributed by atoms with E-state index in [1.54, 1.807) is 0 Å². The molecule has 1 aliphatic carbocycles. The number of ketones is 1. The standard InChI is InChI=1S/C12H20N2O.C2H4/c1-3-4-9-14(2)12(10-13)7-5-11(15)6-8-12;1-2/h3-9H2,1-2H3;1-2H2. The average molecular weight is 236 g/mol. The summed E-state index contributed by atoms with van der Waals surface area (Å²) in [6, 6.07) is 2.42. The second-order valence-electron chi connectivity index (χ2n) is 4.46.